The van der Waals surface area contributed by atoms with Crippen LogP contribution in [0, 0.1) is 0 Å². The molecule has 1 saturated heterocycles. The molecule has 1 aromatic carbocycles. The second-order valence-electron chi connectivity index (χ2n) is 5.00. The van der Waals surface area contributed by atoms with Gasteiger partial charge in [0.2, 0.25) is 0 Å². The molecule has 1 aliphatic heterocycles. The number of Topliss-reactive ketones (excluding diaryl/α,β-unsaturated/α-hetero) is 1. The van der Waals surface area contributed by atoms with Gasteiger partial charge < -0.3 is 0 Å². The second kappa shape index (κ2) is 6.99. The van der Waals surface area contributed by atoms with Crippen LogP contribution in [0.2, 0.25) is 0 Å². The van der Waals surface area contributed by atoms with Crippen molar-refractivity contribution in [1.29, 1.82) is 0 Å². The summed E-state index contributed by atoms with van der Waals surface area (Å²) >= 11 is 5.31. The molecule has 110 valence electrons. The maximum Gasteiger partial charge on any atom is 0.153 e. The van der Waals surface area contributed by atoms with Gasteiger partial charge in [-0.05, 0) is 0 Å². The second-order valence-corrected chi connectivity index (χ2v) is 8.68. The van der Waals surface area contributed by atoms with E-state index in [9.17, 15) is 4.79 Å². The first-order valence-corrected chi connectivity index (χ1v) is 9.97. The number of carbonyl (C=O) groups excluding carboxylic acids is 1. The third kappa shape index (κ3) is 3.71. The molecule has 1 fully saturated rings. The molecule has 0 bridgehead atoms. The quantitative estimate of drug-likeness (QED) is 0.839. The summed E-state index contributed by atoms with van der Waals surface area (Å²) in [4.78, 5) is 17.1. The van der Waals surface area contributed by atoms with E-state index in [-0.39, 0.29) is 5.25 Å². The van der Waals surface area contributed by atoms with Crippen LogP contribution in [-0.4, -0.2) is 32.8 Å². The van der Waals surface area contributed by atoms with E-state index in [0.29, 0.717) is 17.5 Å². The van der Waals surface area contributed by atoms with E-state index in [0.717, 1.165) is 27.8 Å². The molecular weight excluding hydrogens is 318 g/mol. The van der Waals surface area contributed by atoms with E-state index in [1.54, 1.807) is 11.3 Å². The van der Waals surface area contributed by atoms with Gasteiger partial charge in [-0.2, -0.15) is 11.8 Å². The zero-order chi connectivity index (χ0) is 14.7. The van der Waals surface area contributed by atoms with Crippen LogP contribution in [0.25, 0.3) is 11.3 Å². The molecule has 0 N–H and O–H groups in total. The SMILES string of the molecule is CC1SCCSC1C(=O)Cc1nc(-c2ccccc2)cs1. The molecule has 2 unspecified atom stereocenters. The van der Waals surface area contributed by atoms with Crippen LogP contribution in [0.4, 0.5) is 0 Å². The van der Waals surface area contributed by atoms with Gasteiger partial charge in [-0.25, -0.2) is 4.98 Å². The number of ketones is 1. The van der Waals surface area contributed by atoms with Gasteiger partial charge in [-0.15, -0.1) is 23.1 Å². The van der Waals surface area contributed by atoms with Crippen LogP contribution < -0.4 is 0 Å². The lowest BCUT2D eigenvalue weighted by molar-refractivity contribution is -0.117. The predicted molar refractivity (Wildman–Crippen MR) is 94.4 cm³/mol. The van der Waals surface area contributed by atoms with E-state index in [4.69, 9.17) is 0 Å². The minimum absolute atomic E-state index is 0.132. The summed E-state index contributed by atoms with van der Waals surface area (Å²) in [6, 6.07) is 10.1. The Morgan fingerprint density at radius 1 is 1.24 bits per heavy atom. The van der Waals surface area contributed by atoms with E-state index < -0.39 is 0 Å². The monoisotopic (exact) mass is 335 g/mol. The van der Waals surface area contributed by atoms with Crippen molar-refractivity contribution in [3.8, 4) is 11.3 Å². The third-order valence-electron chi connectivity index (χ3n) is 3.45. The molecule has 3 rings (SSSR count). The van der Waals surface area contributed by atoms with E-state index in [1.165, 1.54) is 0 Å². The Kier molecular flexibility index (Phi) is 5.03. The average Bonchev–Trinajstić information content (AvgIpc) is 2.97. The minimum Gasteiger partial charge on any atom is -0.298 e. The highest BCUT2D eigenvalue weighted by atomic mass is 32.2. The molecule has 1 aromatic heterocycles. The minimum atomic E-state index is 0.132. The maximum absolute atomic E-state index is 12.5. The Balaban J connectivity index is 1.68. The highest BCUT2D eigenvalue weighted by Crippen LogP contribution is 2.32. The van der Waals surface area contributed by atoms with Crippen LogP contribution in [-0.2, 0) is 11.2 Å². The lowest BCUT2D eigenvalue weighted by Crippen LogP contribution is -2.32. The highest BCUT2D eigenvalue weighted by molar-refractivity contribution is 8.07. The van der Waals surface area contributed by atoms with Crippen molar-refractivity contribution in [3.63, 3.8) is 0 Å². The molecule has 2 atom stereocenters. The lowest BCUT2D eigenvalue weighted by Gasteiger charge is -2.26. The average molecular weight is 336 g/mol. The number of hydrogen-bond acceptors (Lipinski definition) is 5. The van der Waals surface area contributed by atoms with Gasteiger partial charge in [0.1, 0.15) is 5.01 Å². The van der Waals surface area contributed by atoms with Crippen LogP contribution >= 0.6 is 34.9 Å². The molecule has 0 spiro atoms. The first kappa shape index (κ1) is 15.1. The Labute approximate surface area is 137 Å². The summed E-state index contributed by atoms with van der Waals surface area (Å²) in [5, 5.41) is 3.53. The predicted octanol–water partition coefficient (Wildman–Crippen LogP) is 4.16. The van der Waals surface area contributed by atoms with Gasteiger partial charge in [-0.1, -0.05) is 37.3 Å². The highest BCUT2D eigenvalue weighted by Gasteiger charge is 2.29. The Hall–Kier alpha value is -0.780. The fourth-order valence-corrected chi connectivity index (χ4v) is 5.92. The van der Waals surface area contributed by atoms with Crippen LogP contribution in [0.15, 0.2) is 35.7 Å². The van der Waals surface area contributed by atoms with Crippen molar-refractivity contribution in [2.45, 2.75) is 23.8 Å². The molecular formula is C16H17NOS3. The fourth-order valence-electron chi connectivity index (χ4n) is 2.37. The molecule has 1 aliphatic rings. The Morgan fingerprint density at radius 3 is 2.76 bits per heavy atom. The van der Waals surface area contributed by atoms with Gasteiger partial charge in [0.15, 0.2) is 5.78 Å². The van der Waals surface area contributed by atoms with E-state index in [1.807, 2.05) is 47.1 Å². The molecule has 0 saturated carbocycles. The number of thiazole rings is 1. The zero-order valence-corrected chi connectivity index (χ0v) is 14.3. The smallest absolute Gasteiger partial charge is 0.153 e. The van der Waals surface area contributed by atoms with Gasteiger partial charge in [-0.3, -0.25) is 4.79 Å². The van der Waals surface area contributed by atoms with Gasteiger partial charge in [0.25, 0.3) is 0 Å². The third-order valence-corrected chi connectivity index (χ3v) is 7.44. The molecule has 2 aromatic rings. The Bertz CT molecular complexity index is 611. The number of thioether (sulfide) groups is 2. The van der Waals surface area contributed by atoms with Crippen LogP contribution in [0.3, 0.4) is 0 Å². The maximum atomic E-state index is 12.5. The molecule has 0 amide bonds. The molecule has 0 radical (unpaired) electrons. The van der Waals surface area contributed by atoms with Crippen LogP contribution in [0.1, 0.15) is 11.9 Å². The summed E-state index contributed by atoms with van der Waals surface area (Å²) in [5.74, 6) is 2.57. The molecule has 2 nitrogen and oxygen atoms in total. The van der Waals surface area contributed by atoms with Crippen molar-refractivity contribution in [2.24, 2.45) is 0 Å². The summed E-state index contributed by atoms with van der Waals surface area (Å²) < 4.78 is 0. The number of aromatic nitrogens is 1. The number of nitrogens with zero attached hydrogens (tertiary/aromatic N) is 1. The van der Waals surface area contributed by atoms with Crippen molar-refractivity contribution in [1.82, 2.24) is 4.98 Å². The molecule has 5 heteroatoms. The number of rotatable bonds is 4. The summed E-state index contributed by atoms with van der Waals surface area (Å²) in [5.41, 5.74) is 2.09. The Morgan fingerprint density at radius 2 is 2.00 bits per heavy atom. The summed E-state index contributed by atoms with van der Waals surface area (Å²) in [6.45, 7) is 2.16. The largest absolute Gasteiger partial charge is 0.298 e. The van der Waals surface area contributed by atoms with Gasteiger partial charge >= 0.3 is 0 Å². The molecule has 0 aliphatic carbocycles. The van der Waals surface area contributed by atoms with Gasteiger partial charge in [0, 0.05) is 27.7 Å². The first-order chi connectivity index (χ1) is 10.2. The standard InChI is InChI=1S/C16H17NOS3/c1-11-16(20-8-7-19-11)14(18)9-15-17-13(10-21-15)12-5-3-2-4-6-12/h2-6,10-11,16H,7-9H2,1H3. The molecule has 21 heavy (non-hydrogen) atoms. The van der Waals surface area contributed by atoms with Gasteiger partial charge in [0.05, 0.1) is 17.4 Å². The van der Waals surface area contributed by atoms with Crippen molar-refractivity contribution in [2.75, 3.05) is 11.5 Å². The topological polar surface area (TPSA) is 30.0 Å². The van der Waals surface area contributed by atoms with E-state index in [2.05, 4.69) is 24.0 Å². The normalized spacial score (nSPS) is 22.1. The van der Waals surface area contributed by atoms with Crippen molar-refractivity contribution >= 4 is 40.6 Å². The first-order valence-electron chi connectivity index (χ1n) is 7.00. The zero-order valence-electron chi connectivity index (χ0n) is 11.8. The lowest BCUT2D eigenvalue weighted by atomic mass is 10.1. The summed E-state index contributed by atoms with van der Waals surface area (Å²) in [7, 11) is 0. The van der Waals surface area contributed by atoms with Crippen LogP contribution in [0.5, 0.6) is 0 Å². The summed E-state index contributed by atoms with van der Waals surface area (Å²) in [6.07, 6.45) is 0.472. The van der Waals surface area contributed by atoms with E-state index >= 15 is 0 Å². The van der Waals surface area contributed by atoms with Crippen molar-refractivity contribution in [3.05, 3.63) is 40.7 Å². The number of hydrogen-bond donors (Lipinski definition) is 0. The van der Waals surface area contributed by atoms with Crippen molar-refractivity contribution < 1.29 is 4.79 Å². The number of benzene rings is 1. The number of carbonyl (C=O) groups is 1. The fraction of sp³-hybridized carbons (Fsp3) is 0.375. The molecule has 2 heterocycles.